The summed E-state index contributed by atoms with van der Waals surface area (Å²) in [4.78, 5) is 24.2. The van der Waals surface area contributed by atoms with E-state index in [-0.39, 0.29) is 6.61 Å². The lowest BCUT2D eigenvalue weighted by atomic mass is 10.4. The third-order valence-corrected chi connectivity index (χ3v) is 0.863. The minimum Gasteiger partial charge on any atom is -0.464 e. The molecule has 1 unspecified atom stereocenters. The molecule has 0 fully saturated rings. The molecule has 64 valence electrons. The van der Waals surface area contributed by atoms with Crippen molar-refractivity contribution in [3.05, 3.63) is 10.1 Å². The average Bonchev–Trinajstić information content (AvgIpc) is 1.86. The van der Waals surface area contributed by atoms with Gasteiger partial charge >= 0.3 is 5.97 Å². The van der Waals surface area contributed by atoms with Gasteiger partial charge in [0, 0.05) is 0 Å². The highest BCUT2D eigenvalue weighted by molar-refractivity contribution is 5.73. The van der Waals surface area contributed by atoms with E-state index in [2.05, 4.69) is 9.57 Å². The van der Waals surface area contributed by atoms with Gasteiger partial charge in [-0.3, -0.25) is 4.84 Å². The number of hydrogen-bond donors (Lipinski definition) is 0. The summed E-state index contributed by atoms with van der Waals surface area (Å²) in [5, 5.41) is 8.67. The molecule has 0 heterocycles. The second-order valence-electron chi connectivity index (χ2n) is 1.72. The third kappa shape index (κ3) is 4.12. The largest absolute Gasteiger partial charge is 0.464 e. The normalized spacial score (nSPS) is 11.8. The molecule has 0 spiro atoms. The van der Waals surface area contributed by atoms with Gasteiger partial charge < -0.3 is 4.74 Å². The summed E-state index contributed by atoms with van der Waals surface area (Å²) in [6, 6.07) is 0. The summed E-state index contributed by atoms with van der Waals surface area (Å²) in [7, 11) is 0. The third-order valence-electron chi connectivity index (χ3n) is 0.863. The van der Waals surface area contributed by atoms with Crippen LogP contribution in [0.25, 0.3) is 0 Å². The Kier molecular flexibility index (Phi) is 3.94. The van der Waals surface area contributed by atoms with Gasteiger partial charge in [-0.1, -0.05) is 0 Å². The first kappa shape index (κ1) is 9.67. The van der Waals surface area contributed by atoms with Crippen molar-refractivity contribution >= 4 is 5.97 Å². The molecular formula is C5H9NO5. The number of esters is 1. The summed E-state index contributed by atoms with van der Waals surface area (Å²) < 4.78 is 4.44. The Balaban J connectivity index is 3.73. The lowest BCUT2D eigenvalue weighted by Crippen LogP contribution is -2.25. The van der Waals surface area contributed by atoms with Gasteiger partial charge in [0.25, 0.3) is 5.09 Å². The molecule has 0 aromatic heterocycles. The summed E-state index contributed by atoms with van der Waals surface area (Å²) in [6.45, 7) is 3.04. The molecule has 6 heteroatoms. The van der Waals surface area contributed by atoms with E-state index in [1.807, 2.05) is 0 Å². The van der Waals surface area contributed by atoms with Crippen LogP contribution in [0.5, 0.6) is 0 Å². The number of carbonyl (C=O) groups excluding carboxylic acids is 1. The molecule has 0 saturated heterocycles. The van der Waals surface area contributed by atoms with E-state index in [1.165, 1.54) is 6.92 Å². The quantitative estimate of drug-likeness (QED) is 0.334. The van der Waals surface area contributed by atoms with Crippen molar-refractivity contribution in [1.82, 2.24) is 0 Å². The maximum Gasteiger partial charge on any atom is 0.334 e. The fraction of sp³-hybridized carbons (Fsp3) is 0.800. The second kappa shape index (κ2) is 4.48. The van der Waals surface area contributed by atoms with E-state index in [9.17, 15) is 14.9 Å². The first-order chi connectivity index (χ1) is 5.07. The van der Waals surface area contributed by atoms with Crippen molar-refractivity contribution < 1.29 is 19.5 Å². The molecule has 0 aliphatic carbocycles. The van der Waals surface area contributed by atoms with Crippen LogP contribution >= 0.6 is 0 Å². The molecule has 0 aromatic rings. The highest BCUT2D eigenvalue weighted by Crippen LogP contribution is 1.93. The highest BCUT2D eigenvalue weighted by Gasteiger charge is 2.17. The predicted octanol–water partition coefficient (Wildman–Crippen LogP) is 0.146. The lowest BCUT2D eigenvalue weighted by molar-refractivity contribution is -0.764. The molecule has 0 aromatic carbocycles. The number of carbonyl (C=O) groups is 1. The molecule has 11 heavy (non-hydrogen) atoms. The van der Waals surface area contributed by atoms with Crippen molar-refractivity contribution in [2.24, 2.45) is 0 Å². The molecule has 0 amide bonds. The summed E-state index contributed by atoms with van der Waals surface area (Å²) in [5.74, 6) is -0.732. The highest BCUT2D eigenvalue weighted by atomic mass is 17.0. The molecular weight excluding hydrogens is 154 g/mol. The molecule has 0 saturated carbocycles. The zero-order valence-electron chi connectivity index (χ0n) is 6.27. The van der Waals surface area contributed by atoms with Crippen molar-refractivity contribution in [2.45, 2.75) is 20.0 Å². The van der Waals surface area contributed by atoms with Gasteiger partial charge in [0.1, 0.15) is 0 Å². The van der Waals surface area contributed by atoms with Crippen LogP contribution in [0.4, 0.5) is 0 Å². The van der Waals surface area contributed by atoms with E-state index < -0.39 is 17.2 Å². The van der Waals surface area contributed by atoms with Gasteiger partial charge in [-0.25, -0.2) is 4.79 Å². The number of rotatable bonds is 4. The first-order valence-corrected chi connectivity index (χ1v) is 3.05. The Morgan fingerprint density at radius 1 is 1.73 bits per heavy atom. The topological polar surface area (TPSA) is 78.7 Å². The maximum absolute atomic E-state index is 10.6. The fourth-order valence-corrected chi connectivity index (χ4v) is 0.432. The molecule has 0 bridgehead atoms. The van der Waals surface area contributed by atoms with Crippen molar-refractivity contribution in [3.63, 3.8) is 0 Å². The van der Waals surface area contributed by atoms with Crippen molar-refractivity contribution in [1.29, 1.82) is 0 Å². The SMILES string of the molecule is CCOC(=O)C(C)O[N+](=O)[O-]. The van der Waals surface area contributed by atoms with Crippen LogP contribution in [0.3, 0.4) is 0 Å². The number of nitrogens with zero attached hydrogens (tertiary/aromatic N) is 1. The second-order valence-corrected chi connectivity index (χ2v) is 1.72. The Morgan fingerprint density at radius 3 is 2.64 bits per heavy atom. The van der Waals surface area contributed by atoms with Gasteiger partial charge in [0.2, 0.25) is 6.10 Å². The molecule has 1 atom stereocenters. The Hall–Kier alpha value is -1.33. The molecule has 6 nitrogen and oxygen atoms in total. The van der Waals surface area contributed by atoms with Crippen LogP contribution in [0, 0.1) is 10.1 Å². The summed E-state index contributed by atoms with van der Waals surface area (Å²) in [6.07, 6.45) is -1.15. The van der Waals surface area contributed by atoms with Crippen LogP contribution in [-0.2, 0) is 14.4 Å². The van der Waals surface area contributed by atoms with Crippen molar-refractivity contribution in [2.75, 3.05) is 6.61 Å². The van der Waals surface area contributed by atoms with Gasteiger partial charge in [-0.05, 0) is 13.8 Å². The van der Waals surface area contributed by atoms with Gasteiger partial charge in [0.05, 0.1) is 6.61 Å². The Labute approximate surface area is 63.2 Å². The Bertz CT molecular complexity index is 157. The van der Waals surface area contributed by atoms with Crippen LogP contribution < -0.4 is 0 Å². The van der Waals surface area contributed by atoms with E-state index in [0.29, 0.717) is 0 Å². The average molecular weight is 163 g/mol. The standard InChI is InChI=1S/C5H9NO5/c1-3-10-5(7)4(2)11-6(8)9/h4H,3H2,1-2H3. The molecule has 0 aliphatic heterocycles. The summed E-state index contributed by atoms with van der Waals surface area (Å²) in [5.41, 5.74) is 0. The summed E-state index contributed by atoms with van der Waals surface area (Å²) >= 11 is 0. The Morgan fingerprint density at radius 2 is 2.27 bits per heavy atom. The minimum atomic E-state index is -1.15. The maximum atomic E-state index is 10.6. The van der Waals surface area contributed by atoms with Crippen LogP contribution in [0.2, 0.25) is 0 Å². The number of hydrogen-bond acceptors (Lipinski definition) is 5. The monoisotopic (exact) mass is 163 g/mol. The van der Waals surface area contributed by atoms with Gasteiger partial charge in [-0.2, -0.15) is 0 Å². The minimum absolute atomic E-state index is 0.185. The molecule has 0 N–H and O–H groups in total. The van der Waals surface area contributed by atoms with Gasteiger partial charge in [-0.15, -0.1) is 10.1 Å². The smallest absolute Gasteiger partial charge is 0.334 e. The lowest BCUT2D eigenvalue weighted by Gasteiger charge is -2.06. The van der Waals surface area contributed by atoms with Crippen LogP contribution in [0.1, 0.15) is 13.8 Å². The van der Waals surface area contributed by atoms with Gasteiger partial charge in [0.15, 0.2) is 0 Å². The number of ether oxygens (including phenoxy) is 1. The van der Waals surface area contributed by atoms with Crippen LogP contribution in [-0.4, -0.2) is 23.8 Å². The zero-order chi connectivity index (χ0) is 8.85. The zero-order valence-corrected chi connectivity index (χ0v) is 6.27. The first-order valence-electron chi connectivity index (χ1n) is 3.05. The predicted molar refractivity (Wildman–Crippen MR) is 34.2 cm³/mol. The van der Waals surface area contributed by atoms with E-state index in [4.69, 9.17) is 0 Å². The fourth-order valence-electron chi connectivity index (χ4n) is 0.432. The molecule has 0 rings (SSSR count). The van der Waals surface area contributed by atoms with E-state index >= 15 is 0 Å². The van der Waals surface area contributed by atoms with E-state index in [0.717, 1.165) is 0 Å². The van der Waals surface area contributed by atoms with E-state index in [1.54, 1.807) is 6.92 Å². The van der Waals surface area contributed by atoms with Crippen molar-refractivity contribution in [3.8, 4) is 0 Å². The van der Waals surface area contributed by atoms with Crippen LogP contribution in [0.15, 0.2) is 0 Å². The molecule has 0 radical (unpaired) electrons. The molecule has 0 aliphatic rings.